The Labute approximate surface area is 173 Å². The van der Waals surface area contributed by atoms with Crippen molar-refractivity contribution in [2.45, 2.75) is 26.8 Å². The lowest BCUT2D eigenvalue weighted by Crippen LogP contribution is -2.30. The summed E-state index contributed by atoms with van der Waals surface area (Å²) < 4.78 is 19.2. The average molecular weight is 405 g/mol. The summed E-state index contributed by atoms with van der Waals surface area (Å²) in [4.78, 5) is 27.5. The molecule has 1 aliphatic rings. The second kappa shape index (κ2) is 7.30. The summed E-state index contributed by atoms with van der Waals surface area (Å²) in [6.07, 6.45) is 1.45. The van der Waals surface area contributed by atoms with Crippen LogP contribution in [0.1, 0.15) is 34.1 Å². The summed E-state index contributed by atoms with van der Waals surface area (Å²) in [6, 6.07) is 12.0. The van der Waals surface area contributed by atoms with Gasteiger partial charge in [0.25, 0.3) is 11.7 Å². The van der Waals surface area contributed by atoms with Gasteiger partial charge in [0.1, 0.15) is 23.4 Å². The second-order valence-corrected chi connectivity index (χ2v) is 7.44. The molecule has 0 radical (unpaired) electrons. The van der Waals surface area contributed by atoms with E-state index in [1.165, 1.54) is 29.4 Å². The molecule has 152 valence electrons. The van der Waals surface area contributed by atoms with Crippen molar-refractivity contribution >= 4 is 23.1 Å². The molecule has 0 saturated carbocycles. The highest BCUT2D eigenvalue weighted by molar-refractivity contribution is 6.51. The number of aliphatic hydroxyl groups excluding tert-OH is 1. The van der Waals surface area contributed by atoms with Gasteiger partial charge in [0.05, 0.1) is 11.8 Å². The van der Waals surface area contributed by atoms with Crippen molar-refractivity contribution in [2.24, 2.45) is 0 Å². The molecule has 6 heteroatoms. The number of ketones is 1. The van der Waals surface area contributed by atoms with Crippen molar-refractivity contribution in [2.75, 3.05) is 4.90 Å². The highest BCUT2D eigenvalue weighted by atomic mass is 19.1. The van der Waals surface area contributed by atoms with Gasteiger partial charge in [0, 0.05) is 11.3 Å². The van der Waals surface area contributed by atoms with Crippen LogP contribution >= 0.6 is 0 Å². The molecule has 5 nitrogen and oxygen atoms in total. The maximum atomic E-state index is 13.7. The Morgan fingerprint density at radius 3 is 2.47 bits per heavy atom. The third-order valence-corrected chi connectivity index (χ3v) is 5.31. The normalized spacial score (nSPS) is 18.3. The Bertz CT molecular complexity index is 1190. The summed E-state index contributed by atoms with van der Waals surface area (Å²) in [5.41, 5.74) is 2.76. The molecule has 30 heavy (non-hydrogen) atoms. The number of rotatable bonds is 3. The Morgan fingerprint density at radius 1 is 1.03 bits per heavy atom. The van der Waals surface area contributed by atoms with E-state index >= 15 is 0 Å². The predicted octanol–water partition coefficient (Wildman–Crippen LogP) is 4.97. The van der Waals surface area contributed by atoms with Crippen LogP contribution in [0.25, 0.3) is 5.76 Å². The van der Waals surface area contributed by atoms with E-state index in [1.807, 2.05) is 32.0 Å². The maximum Gasteiger partial charge on any atom is 0.300 e. The van der Waals surface area contributed by atoms with Gasteiger partial charge in [0.15, 0.2) is 0 Å². The minimum atomic E-state index is -0.939. The van der Waals surface area contributed by atoms with Gasteiger partial charge in [-0.3, -0.25) is 14.5 Å². The molecule has 0 bridgehead atoms. The number of anilines is 1. The van der Waals surface area contributed by atoms with Gasteiger partial charge in [-0.15, -0.1) is 0 Å². The lowest BCUT2D eigenvalue weighted by atomic mass is 9.98. The molecule has 1 amide bonds. The summed E-state index contributed by atoms with van der Waals surface area (Å²) in [6.45, 7) is 5.30. The molecule has 0 aliphatic carbocycles. The Kier molecular flexibility index (Phi) is 4.78. The van der Waals surface area contributed by atoms with Gasteiger partial charge in [-0.1, -0.05) is 12.1 Å². The van der Waals surface area contributed by atoms with E-state index in [-0.39, 0.29) is 16.9 Å². The van der Waals surface area contributed by atoms with Crippen molar-refractivity contribution in [1.82, 2.24) is 0 Å². The monoisotopic (exact) mass is 405 g/mol. The number of furan rings is 1. The van der Waals surface area contributed by atoms with E-state index < -0.39 is 23.5 Å². The van der Waals surface area contributed by atoms with E-state index in [9.17, 15) is 19.1 Å². The first kappa shape index (κ1) is 19.6. The van der Waals surface area contributed by atoms with Crippen LogP contribution in [0.2, 0.25) is 0 Å². The highest BCUT2D eigenvalue weighted by Crippen LogP contribution is 2.43. The fraction of sp³-hybridized carbons (Fsp3) is 0.167. The second-order valence-electron chi connectivity index (χ2n) is 7.44. The first-order chi connectivity index (χ1) is 14.3. The standard InChI is InChI=1S/C24H20FNO4/c1-13-6-7-14(2)18(11-13)26-21(19-5-4-10-30-19)20(23(28)24(26)29)22(27)16-8-9-17(25)15(3)12-16/h4-12,21,27H,1-3H3/b22-20-. The van der Waals surface area contributed by atoms with Crippen LogP contribution in [0.3, 0.4) is 0 Å². The largest absolute Gasteiger partial charge is 0.507 e. The summed E-state index contributed by atoms with van der Waals surface area (Å²) in [5.74, 6) is -2.03. The number of carbonyl (C=O) groups excluding carboxylic acids is 2. The zero-order valence-corrected chi connectivity index (χ0v) is 16.8. The number of Topliss-reactive ketones (excluding diaryl/α,β-unsaturated/α-hetero) is 1. The molecule has 1 unspecified atom stereocenters. The van der Waals surface area contributed by atoms with Crippen LogP contribution in [-0.2, 0) is 9.59 Å². The SMILES string of the molecule is Cc1ccc(C)c(N2C(=O)C(=O)/C(=C(\O)c3ccc(F)c(C)c3)C2c2ccco2)c1. The van der Waals surface area contributed by atoms with Crippen LogP contribution in [0, 0.1) is 26.6 Å². The molecule has 1 aliphatic heterocycles. The number of nitrogens with zero attached hydrogens (tertiary/aromatic N) is 1. The number of aliphatic hydroxyl groups is 1. The minimum absolute atomic E-state index is 0.0955. The lowest BCUT2D eigenvalue weighted by Gasteiger charge is -2.25. The molecule has 4 rings (SSSR count). The van der Waals surface area contributed by atoms with Crippen molar-refractivity contribution in [1.29, 1.82) is 0 Å². The number of benzene rings is 2. The number of hydrogen-bond donors (Lipinski definition) is 1. The van der Waals surface area contributed by atoms with E-state index in [0.717, 1.165) is 11.1 Å². The van der Waals surface area contributed by atoms with E-state index in [2.05, 4.69) is 0 Å². The van der Waals surface area contributed by atoms with Crippen LogP contribution in [0.15, 0.2) is 64.8 Å². The van der Waals surface area contributed by atoms with Gasteiger partial charge in [-0.05, 0) is 73.9 Å². The molecule has 2 heterocycles. The van der Waals surface area contributed by atoms with Gasteiger partial charge in [-0.25, -0.2) is 4.39 Å². The Morgan fingerprint density at radius 2 is 1.80 bits per heavy atom. The quantitative estimate of drug-likeness (QED) is 0.379. The molecule has 1 atom stereocenters. The van der Waals surface area contributed by atoms with Crippen molar-refractivity contribution < 1.29 is 23.5 Å². The smallest absolute Gasteiger partial charge is 0.300 e. The first-order valence-corrected chi connectivity index (χ1v) is 9.47. The fourth-order valence-electron chi connectivity index (χ4n) is 3.72. The molecular formula is C24H20FNO4. The van der Waals surface area contributed by atoms with E-state index in [1.54, 1.807) is 19.1 Å². The summed E-state index contributed by atoms with van der Waals surface area (Å²) in [5, 5.41) is 11.0. The summed E-state index contributed by atoms with van der Waals surface area (Å²) in [7, 11) is 0. The third-order valence-electron chi connectivity index (χ3n) is 5.31. The highest BCUT2D eigenvalue weighted by Gasteiger charge is 2.48. The molecule has 2 aromatic carbocycles. The fourth-order valence-corrected chi connectivity index (χ4v) is 3.72. The van der Waals surface area contributed by atoms with Gasteiger partial charge in [0.2, 0.25) is 0 Å². The van der Waals surface area contributed by atoms with E-state index in [4.69, 9.17) is 4.42 Å². The number of amides is 1. The average Bonchev–Trinajstić information content (AvgIpc) is 3.33. The predicted molar refractivity (Wildman–Crippen MR) is 111 cm³/mol. The minimum Gasteiger partial charge on any atom is -0.507 e. The van der Waals surface area contributed by atoms with E-state index in [0.29, 0.717) is 17.0 Å². The van der Waals surface area contributed by atoms with Crippen LogP contribution < -0.4 is 4.90 Å². The Balaban J connectivity index is 1.96. The third kappa shape index (κ3) is 3.10. The lowest BCUT2D eigenvalue weighted by molar-refractivity contribution is -0.132. The van der Waals surface area contributed by atoms with Crippen molar-refractivity contribution in [3.8, 4) is 0 Å². The maximum absolute atomic E-state index is 13.7. The van der Waals surface area contributed by atoms with Crippen LogP contribution in [0.5, 0.6) is 0 Å². The molecule has 0 spiro atoms. The molecule has 1 N–H and O–H groups in total. The zero-order valence-electron chi connectivity index (χ0n) is 16.8. The first-order valence-electron chi connectivity index (χ1n) is 9.47. The molecule has 3 aromatic rings. The Hall–Kier alpha value is -3.67. The van der Waals surface area contributed by atoms with Crippen LogP contribution in [-0.4, -0.2) is 16.8 Å². The van der Waals surface area contributed by atoms with Crippen LogP contribution in [0.4, 0.5) is 10.1 Å². The van der Waals surface area contributed by atoms with Gasteiger partial charge >= 0.3 is 0 Å². The molecule has 1 aromatic heterocycles. The number of hydrogen-bond acceptors (Lipinski definition) is 4. The molecule has 1 saturated heterocycles. The molecular weight excluding hydrogens is 385 g/mol. The van der Waals surface area contributed by atoms with Gasteiger partial charge in [-0.2, -0.15) is 0 Å². The zero-order chi connectivity index (χ0) is 21.6. The number of halogens is 1. The number of aryl methyl sites for hydroxylation is 3. The number of carbonyl (C=O) groups is 2. The van der Waals surface area contributed by atoms with Crippen molar-refractivity contribution in [3.05, 3.63) is 94.2 Å². The topological polar surface area (TPSA) is 70.8 Å². The van der Waals surface area contributed by atoms with Gasteiger partial charge < -0.3 is 9.52 Å². The molecule has 1 fully saturated rings. The van der Waals surface area contributed by atoms with Crippen molar-refractivity contribution in [3.63, 3.8) is 0 Å². The summed E-state index contributed by atoms with van der Waals surface area (Å²) >= 11 is 0.